The van der Waals surface area contributed by atoms with E-state index in [1.165, 1.54) is 44.1 Å². The van der Waals surface area contributed by atoms with Gasteiger partial charge in [-0.1, -0.05) is 140 Å². The monoisotopic (exact) mass is 744 g/mol. The number of anilines is 3. The summed E-state index contributed by atoms with van der Waals surface area (Å²) < 4.78 is 15.5. The molecular weight excluding hydrogens is 709 g/mol. The standard InChI is InChI=1S/C54H36N2O2/c1-3-11-37(12-4-1)39-19-26-43(27-20-39)55(44-28-21-40(22-29-44)38-13-5-2-6-14-38)46-32-34-52-54(36-46)58-51-33-25-42(35-53(51)57-52)41-23-30-45(31-24-41)56-49-17-9-7-15-47(49)48-16-8-10-18-50(48)56/h1-36H. The van der Waals surface area contributed by atoms with Crippen LogP contribution >= 0.6 is 0 Å². The maximum atomic E-state index is 6.58. The van der Waals surface area contributed by atoms with Gasteiger partial charge in [-0.15, -0.1) is 0 Å². The fourth-order valence-corrected chi connectivity index (χ4v) is 8.21. The van der Waals surface area contributed by atoms with E-state index in [9.17, 15) is 0 Å². The van der Waals surface area contributed by atoms with E-state index in [4.69, 9.17) is 9.47 Å². The van der Waals surface area contributed by atoms with Crippen LogP contribution in [0.25, 0.3) is 60.9 Å². The molecule has 0 unspecified atom stereocenters. The van der Waals surface area contributed by atoms with Crippen LogP contribution < -0.4 is 14.4 Å². The lowest BCUT2D eigenvalue weighted by atomic mass is 10.0. The zero-order valence-electron chi connectivity index (χ0n) is 31.5. The fourth-order valence-electron chi connectivity index (χ4n) is 8.21. The van der Waals surface area contributed by atoms with Crippen molar-refractivity contribution in [2.24, 2.45) is 0 Å². The molecule has 0 aliphatic carbocycles. The summed E-state index contributed by atoms with van der Waals surface area (Å²) in [6.45, 7) is 0. The normalized spacial score (nSPS) is 11.7. The van der Waals surface area contributed by atoms with E-state index in [1.54, 1.807) is 0 Å². The third-order valence-corrected chi connectivity index (χ3v) is 11.1. The number of hydrogen-bond acceptors (Lipinski definition) is 3. The Morgan fingerprint density at radius 3 is 1.24 bits per heavy atom. The first kappa shape index (κ1) is 33.5. The summed E-state index contributed by atoms with van der Waals surface area (Å²) in [6.07, 6.45) is 0. The molecule has 11 rings (SSSR count). The molecule has 0 radical (unpaired) electrons. The van der Waals surface area contributed by atoms with Crippen LogP contribution in [0.5, 0.6) is 23.0 Å². The van der Waals surface area contributed by atoms with Crippen LogP contribution in [0, 0.1) is 0 Å². The Bertz CT molecular complexity index is 2940. The van der Waals surface area contributed by atoms with Crippen LogP contribution in [0.3, 0.4) is 0 Å². The average molecular weight is 745 g/mol. The van der Waals surface area contributed by atoms with E-state index < -0.39 is 0 Å². The number of hydrogen-bond donors (Lipinski definition) is 0. The van der Waals surface area contributed by atoms with Gasteiger partial charge in [0.1, 0.15) is 0 Å². The SMILES string of the molecule is c1ccc(-c2ccc(N(c3ccc(-c4ccccc4)cc3)c3ccc4c(c3)Oc3ccc(-c5ccc(-n6c7ccccc7c7ccccc76)cc5)cc3O4)cc2)cc1. The second-order valence-electron chi connectivity index (χ2n) is 14.6. The van der Waals surface area contributed by atoms with Gasteiger partial charge in [-0.2, -0.15) is 0 Å². The van der Waals surface area contributed by atoms with Crippen LogP contribution in [-0.2, 0) is 0 Å². The lowest BCUT2D eigenvalue weighted by Crippen LogP contribution is -2.10. The van der Waals surface area contributed by atoms with Gasteiger partial charge >= 0.3 is 0 Å². The molecule has 4 heteroatoms. The van der Waals surface area contributed by atoms with E-state index >= 15 is 0 Å². The van der Waals surface area contributed by atoms with E-state index in [0.29, 0.717) is 23.0 Å². The summed E-state index contributed by atoms with van der Waals surface area (Å²) >= 11 is 0. The predicted octanol–water partition coefficient (Wildman–Crippen LogP) is 15.2. The molecular formula is C54H36N2O2. The van der Waals surface area contributed by atoms with E-state index in [0.717, 1.165) is 33.9 Å². The summed E-state index contributed by atoms with van der Waals surface area (Å²) in [4.78, 5) is 2.26. The molecule has 0 N–H and O–H groups in total. The number of fused-ring (bicyclic) bond motifs is 5. The highest BCUT2D eigenvalue weighted by molar-refractivity contribution is 6.09. The molecule has 2 heterocycles. The molecule has 9 aromatic carbocycles. The van der Waals surface area contributed by atoms with Gasteiger partial charge < -0.3 is 18.9 Å². The summed E-state index contributed by atoms with van der Waals surface area (Å²) in [7, 11) is 0. The summed E-state index contributed by atoms with van der Waals surface area (Å²) in [5.41, 5.74) is 13.4. The quantitative estimate of drug-likeness (QED) is 0.163. The number of rotatable bonds is 7. The third-order valence-electron chi connectivity index (χ3n) is 11.1. The molecule has 0 saturated heterocycles. The predicted molar refractivity (Wildman–Crippen MR) is 238 cm³/mol. The van der Waals surface area contributed by atoms with Crippen molar-refractivity contribution in [3.63, 3.8) is 0 Å². The Hall–Kier alpha value is -7.82. The number of nitrogens with zero attached hydrogens (tertiary/aromatic N) is 2. The molecule has 0 fully saturated rings. The lowest BCUT2D eigenvalue weighted by Gasteiger charge is -2.28. The first-order chi connectivity index (χ1) is 28.7. The van der Waals surface area contributed by atoms with Crippen LogP contribution in [0.1, 0.15) is 0 Å². The second kappa shape index (κ2) is 14.0. The van der Waals surface area contributed by atoms with Gasteiger partial charge in [0.15, 0.2) is 23.0 Å². The van der Waals surface area contributed by atoms with Crippen molar-refractivity contribution < 1.29 is 9.47 Å². The molecule has 1 aliphatic heterocycles. The van der Waals surface area contributed by atoms with E-state index in [2.05, 4.69) is 204 Å². The molecule has 10 aromatic rings. The van der Waals surface area contributed by atoms with Gasteiger partial charge in [-0.25, -0.2) is 0 Å². The largest absolute Gasteiger partial charge is 0.449 e. The molecule has 58 heavy (non-hydrogen) atoms. The van der Waals surface area contributed by atoms with Crippen molar-refractivity contribution in [1.82, 2.24) is 4.57 Å². The van der Waals surface area contributed by atoms with Crippen LogP contribution in [0.15, 0.2) is 218 Å². The van der Waals surface area contributed by atoms with Crippen molar-refractivity contribution in [3.8, 4) is 62.1 Å². The highest BCUT2D eigenvalue weighted by Crippen LogP contribution is 2.49. The van der Waals surface area contributed by atoms with Gasteiger partial charge in [0.2, 0.25) is 0 Å². The Labute approximate surface area is 337 Å². The molecule has 4 nitrogen and oxygen atoms in total. The second-order valence-corrected chi connectivity index (χ2v) is 14.6. The van der Waals surface area contributed by atoms with E-state index in [1.807, 2.05) is 24.3 Å². The van der Waals surface area contributed by atoms with Crippen molar-refractivity contribution in [3.05, 3.63) is 218 Å². The van der Waals surface area contributed by atoms with Gasteiger partial charge in [0.05, 0.1) is 16.7 Å². The zero-order chi connectivity index (χ0) is 38.4. The summed E-state index contributed by atoms with van der Waals surface area (Å²) in [5, 5.41) is 2.51. The number of benzene rings is 9. The van der Waals surface area contributed by atoms with Crippen LogP contribution in [0.4, 0.5) is 17.1 Å². The van der Waals surface area contributed by atoms with E-state index in [-0.39, 0.29) is 0 Å². The number of aromatic nitrogens is 1. The smallest absolute Gasteiger partial charge is 0.172 e. The summed E-state index contributed by atoms with van der Waals surface area (Å²) in [5.74, 6) is 2.71. The molecule has 0 amide bonds. The highest BCUT2D eigenvalue weighted by atomic mass is 16.6. The minimum absolute atomic E-state index is 0.667. The molecule has 1 aromatic heterocycles. The molecule has 0 bridgehead atoms. The van der Waals surface area contributed by atoms with Gasteiger partial charge in [-0.05, 0) is 106 Å². The molecule has 0 saturated carbocycles. The Balaban J connectivity index is 0.897. The van der Waals surface area contributed by atoms with Crippen molar-refractivity contribution in [1.29, 1.82) is 0 Å². The molecule has 0 spiro atoms. The van der Waals surface area contributed by atoms with Gasteiger partial charge in [0.25, 0.3) is 0 Å². The number of para-hydroxylation sites is 2. The first-order valence-corrected chi connectivity index (χ1v) is 19.6. The maximum absolute atomic E-state index is 6.58. The summed E-state index contributed by atoms with van der Waals surface area (Å²) in [6, 6.07) is 76.6. The number of ether oxygens (including phenoxy) is 2. The molecule has 1 aliphatic rings. The van der Waals surface area contributed by atoms with Crippen LogP contribution in [-0.4, -0.2) is 4.57 Å². The average Bonchev–Trinajstić information content (AvgIpc) is 3.64. The Kier molecular flexibility index (Phi) is 8.11. The highest BCUT2D eigenvalue weighted by Gasteiger charge is 2.23. The fraction of sp³-hybridized carbons (Fsp3) is 0. The van der Waals surface area contributed by atoms with Crippen LogP contribution in [0.2, 0.25) is 0 Å². The molecule has 274 valence electrons. The Morgan fingerprint density at radius 2 is 0.690 bits per heavy atom. The van der Waals surface area contributed by atoms with Gasteiger partial charge in [0, 0.05) is 33.9 Å². The lowest BCUT2D eigenvalue weighted by molar-refractivity contribution is 0.360. The van der Waals surface area contributed by atoms with Crippen molar-refractivity contribution in [2.45, 2.75) is 0 Å². The minimum Gasteiger partial charge on any atom is -0.449 e. The third kappa shape index (κ3) is 5.96. The molecule has 0 atom stereocenters. The first-order valence-electron chi connectivity index (χ1n) is 19.6. The minimum atomic E-state index is 0.667. The zero-order valence-corrected chi connectivity index (χ0v) is 31.5. The van der Waals surface area contributed by atoms with Crippen molar-refractivity contribution >= 4 is 38.9 Å². The topological polar surface area (TPSA) is 26.6 Å². The van der Waals surface area contributed by atoms with Gasteiger partial charge in [-0.3, -0.25) is 0 Å². The Morgan fingerprint density at radius 1 is 0.293 bits per heavy atom. The van der Waals surface area contributed by atoms with Crippen molar-refractivity contribution in [2.75, 3.05) is 4.90 Å². The maximum Gasteiger partial charge on any atom is 0.172 e.